The van der Waals surface area contributed by atoms with Crippen LogP contribution in [0.15, 0.2) is 65.6 Å². The monoisotopic (exact) mass is 636 g/mol. The number of hydrogen-bond acceptors (Lipinski definition) is 6. The molecule has 3 aromatic rings. The van der Waals surface area contributed by atoms with Gasteiger partial charge in [-0.05, 0) is 53.6 Å². The molecule has 0 bridgehead atoms. The minimum Gasteiger partial charge on any atom is -0.435 e. The highest BCUT2D eigenvalue weighted by Crippen LogP contribution is 2.43. The molecule has 2 N–H and O–H groups in total. The molecule has 2 aliphatic heterocycles. The van der Waals surface area contributed by atoms with Crippen LogP contribution in [-0.2, 0) is 26.4 Å². The summed E-state index contributed by atoms with van der Waals surface area (Å²) < 4.78 is 138. The number of halogens is 6. The third-order valence-corrected chi connectivity index (χ3v) is 9.74. The van der Waals surface area contributed by atoms with Gasteiger partial charge in [-0.25, -0.2) is 17.9 Å². The maximum atomic E-state index is 14.3. The molecule has 0 unspecified atom stereocenters. The van der Waals surface area contributed by atoms with E-state index < -0.39 is 61.1 Å². The molecule has 5 rings (SSSR count). The van der Waals surface area contributed by atoms with Gasteiger partial charge in [0.05, 0.1) is 34.4 Å². The first kappa shape index (κ1) is 29.9. The first-order valence-electron chi connectivity index (χ1n) is 12.2. The Kier molecular flexibility index (Phi) is 7.57. The summed E-state index contributed by atoms with van der Waals surface area (Å²) in [6, 6.07) is 9.57. The van der Waals surface area contributed by atoms with Gasteiger partial charge in [-0.2, -0.15) is 34.7 Å². The van der Waals surface area contributed by atoms with Crippen LogP contribution < -0.4 is 19.1 Å². The first-order valence-corrected chi connectivity index (χ1v) is 15.1. The van der Waals surface area contributed by atoms with Crippen LogP contribution >= 0.6 is 0 Å². The standard InChI is InChI=1S/C25H22F6N4O5S2/c26-18-8-16(9-20(12-18)40-24(27)28)15-4-5-22-23(10-15)35(14-19-13-33(42(32,38)39)6-7-34(19)22)41(36,37)21-3-1-2-17(11-21)25(29,30)31/h1-5,8-12,19,24H,6-7,13-14H2,(H2,32,38,39)/t19-/m0/s1. The van der Waals surface area contributed by atoms with E-state index in [0.717, 1.165) is 45.0 Å². The zero-order valence-electron chi connectivity index (χ0n) is 21.3. The summed E-state index contributed by atoms with van der Waals surface area (Å²) in [6.07, 6.45) is -4.83. The van der Waals surface area contributed by atoms with Crippen molar-refractivity contribution in [3.05, 3.63) is 72.0 Å². The smallest absolute Gasteiger partial charge is 0.416 e. The third-order valence-electron chi connectivity index (χ3n) is 6.91. The zero-order chi connectivity index (χ0) is 30.6. The van der Waals surface area contributed by atoms with Crippen molar-refractivity contribution in [2.75, 3.05) is 35.4 Å². The fourth-order valence-electron chi connectivity index (χ4n) is 5.05. The third kappa shape index (κ3) is 5.86. The van der Waals surface area contributed by atoms with Gasteiger partial charge in [-0.1, -0.05) is 12.1 Å². The van der Waals surface area contributed by atoms with E-state index in [1.807, 2.05) is 0 Å². The predicted octanol–water partition coefficient (Wildman–Crippen LogP) is 4.02. The Labute approximate surface area is 236 Å². The Morgan fingerprint density at radius 3 is 2.29 bits per heavy atom. The van der Waals surface area contributed by atoms with Gasteiger partial charge in [-0.15, -0.1) is 0 Å². The molecule has 9 nitrogen and oxygen atoms in total. The SMILES string of the molecule is NS(=O)(=O)N1CCN2c3ccc(-c4cc(F)cc(OC(F)F)c4)cc3N(S(=O)(=O)c3cccc(C(F)(F)F)c3)C[C@@H]2C1. The van der Waals surface area contributed by atoms with E-state index in [0.29, 0.717) is 11.8 Å². The molecule has 0 radical (unpaired) electrons. The number of rotatable bonds is 6. The molecule has 2 aliphatic rings. The zero-order valence-corrected chi connectivity index (χ0v) is 22.9. The van der Waals surface area contributed by atoms with Crippen LogP contribution in [0.25, 0.3) is 11.1 Å². The predicted molar refractivity (Wildman–Crippen MR) is 140 cm³/mol. The lowest BCUT2D eigenvalue weighted by molar-refractivity contribution is -0.137. The Bertz CT molecular complexity index is 1740. The maximum absolute atomic E-state index is 14.3. The average Bonchev–Trinajstić information content (AvgIpc) is 2.90. The maximum Gasteiger partial charge on any atom is 0.416 e. The Morgan fingerprint density at radius 1 is 0.881 bits per heavy atom. The molecule has 0 saturated carbocycles. The van der Waals surface area contributed by atoms with Crippen LogP contribution in [-0.4, -0.2) is 60.0 Å². The fraction of sp³-hybridized carbons (Fsp3) is 0.280. The van der Waals surface area contributed by atoms with Crippen LogP contribution in [0.3, 0.4) is 0 Å². The number of piperazine rings is 1. The van der Waals surface area contributed by atoms with Crippen LogP contribution in [0.4, 0.5) is 37.7 Å². The van der Waals surface area contributed by atoms with Crippen molar-refractivity contribution in [2.45, 2.75) is 23.7 Å². The largest absolute Gasteiger partial charge is 0.435 e. The lowest BCUT2D eigenvalue weighted by atomic mass is 10.0. The number of alkyl halides is 5. The molecule has 226 valence electrons. The quantitative estimate of drug-likeness (QED) is 0.410. The molecule has 17 heteroatoms. The lowest BCUT2D eigenvalue weighted by Gasteiger charge is -2.48. The van der Waals surface area contributed by atoms with Gasteiger partial charge in [0.15, 0.2) is 0 Å². The van der Waals surface area contributed by atoms with Crippen LogP contribution in [0.2, 0.25) is 0 Å². The highest BCUT2D eigenvalue weighted by Gasteiger charge is 2.42. The Balaban J connectivity index is 1.65. The van der Waals surface area contributed by atoms with E-state index in [-0.39, 0.29) is 43.0 Å². The van der Waals surface area contributed by atoms with E-state index in [1.54, 1.807) is 4.90 Å². The number of hydrogen-bond donors (Lipinski definition) is 1. The number of fused-ring (bicyclic) bond motifs is 3. The molecule has 0 aromatic heterocycles. The van der Waals surface area contributed by atoms with Gasteiger partial charge in [0.2, 0.25) is 0 Å². The van der Waals surface area contributed by atoms with Crippen molar-refractivity contribution in [3.63, 3.8) is 0 Å². The number of sulfonamides is 1. The molecule has 1 atom stereocenters. The number of nitrogens with two attached hydrogens (primary N) is 1. The van der Waals surface area contributed by atoms with Crippen molar-refractivity contribution >= 4 is 31.6 Å². The topological polar surface area (TPSA) is 113 Å². The van der Waals surface area contributed by atoms with Crippen LogP contribution in [0.5, 0.6) is 5.75 Å². The number of benzene rings is 3. The van der Waals surface area contributed by atoms with Crippen molar-refractivity contribution in [2.24, 2.45) is 5.14 Å². The van der Waals surface area contributed by atoms with E-state index in [9.17, 15) is 43.2 Å². The number of anilines is 2. The normalized spacial score (nSPS) is 18.1. The Morgan fingerprint density at radius 2 is 1.62 bits per heavy atom. The minimum absolute atomic E-state index is 0.00538. The second-order valence-electron chi connectivity index (χ2n) is 9.57. The van der Waals surface area contributed by atoms with E-state index in [2.05, 4.69) is 4.74 Å². The van der Waals surface area contributed by atoms with Crippen LogP contribution in [0.1, 0.15) is 5.56 Å². The minimum atomic E-state index is -4.83. The first-order chi connectivity index (χ1) is 19.5. The van der Waals surface area contributed by atoms with Crippen molar-refractivity contribution in [1.82, 2.24) is 4.31 Å². The van der Waals surface area contributed by atoms with Gasteiger partial charge < -0.3 is 9.64 Å². The van der Waals surface area contributed by atoms with Crippen molar-refractivity contribution in [1.29, 1.82) is 0 Å². The second-order valence-corrected chi connectivity index (χ2v) is 13.0. The van der Waals surface area contributed by atoms with E-state index >= 15 is 0 Å². The highest BCUT2D eigenvalue weighted by atomic mass is 32.2. The molecular weight excluding hydrogens is 614 g/mol. The van der Waals surface area contributed by atoms with Gasteiger partial charge in [0.1, 0.15) is 11.6 Å². The second kappa shape index (κ2) is 10.6. The van der Waals surface area contributed by atoms with E-state index in [1.165, 1.54) is 18.2 Å². The Hall–Kier alpha value is -3.54. The summed E-state index contributed by atoms with van der Waals surface area (Å²) in [5.74, 6) is -1.39. The van der Waals surface area contributed by atoms with Gasteiger partial charge in [-0.3, -0.25) is 4.31 Å². The van der Waals surface area contributed by atoms with Crippen molar-refractivity contribution in [3.8, 4) is 16.9 Å². The molecule has 1 fully saturated rings. The summed E-state index contributed by atoms with van der Waals surface area (Å²) >= 11 is 0. The average molecular weight is 637 g/mol. The number of nitrogens with zero attached hydrogens (tertiary/aromatic N) is 3. The molecule has 2 heterocycles. The lowest BCUT2D eigenvalue weighted by Crippen LogP contribution is -2.62. The summed E-state index contributed by atoms with van der Waals surface area (Å²) in [4.78, 5) is 1.08. The summed E-state index contributed by atoms with van der Waals surface area (Å²) in [5.41, 5.74) is -0.629. The van der Waals surface area contributed by atoms with Gasteiger partial charge in [0.25, 0.3) is 20.2 Å². The summed E-state index contributed by atoms with van der Waals surface area (Å²) in [6.45, 7) is -3.72. The van der Waals surface area contributed by atoms with Crippen LogP contribution in [0, 0.1) is 5.82 Å². The molecule has 42 heavy (non-hydrogen) atoms. The molecule has 0 aliphatic carbocycles. The molecule has 0 amide bonds. The summed E-state index contributed by atoms with van der Waals surface area (Å²) in [5, 5.41) is 5.29. The highest BCUT2D eigenvalue weighted by molar-refractivity contribution is 7.92. The molecule has 1 saturated heterocycles. The van der Waals surface area contributed by atoms with E-state index in [4.69, 9.17) is 5.14 Å². The fourth-order valence-corrected chi connectivity index (χ4v) is 7.33. The molecule has 0 spiro atoms. The van der Waals surface area contributed by atoms with Gasteiger partial charge in [0, 0.05) is 25.7 Å². The van der Waals surface area contributed by atoms with Crippen molar-refractivity contribution < 1.29 is 47.9 Å². The number of ether oxygens (including phenoxy) is 1. The molecular formula is C25H22F6N4O5S2. The summed E-state index contributed by atoms with van der Waals surface area (Å²) in [7, 11) is -8.81. The molecule has 3 aromatic carbocycles. The van der Waals surface area contributed by atoms with Gasteiger partial charge >= 0.3 is 12.8 Å².